The number of nitrogens with zero attached hydrogens (tertiary/aromatic N) is 1. The molecule has 0 saturated carbocycles. The highest BCUT2D eigenvalue weighted by Crippen LogP contribution is 2.31. The Morgan fingerprint density at radius 1 is 1.00 bits per heavy atom. The highest BCUT2D eigenvalue weighted by atomic mass is 32.2. The molecule has 1 fully saturated rings. The summed E-state index contributed by atoms with van der Waals surface area (Å²) >= 11 is 1.53. The van der Waals surface area contributed by atoms with E-state index in [-0.39, 0.29) is 18.2 Å². The van der Waals surface area contributed by atoms with Gasteiger partial charge in [0.2, 0.25) is 0 Å². The molecule has 0 aliphatic carbocycles. The average molecular weight is 582 g/mol. The Hall–Kier alpha value is -1.68. The van der Waals surface area contributed by atoms with Crippen molar-refractivity contribution in [3.05, 3.63) is 54.6 Å². The molecule has 0 aromatic heterocycles. The van der Waals surface area contributed by atoms with Gasteiger partial charge in [0, 0.05) is 29.8 Å². The number of rotatable bonds is 11. The van der Waals surface area contributed by atoms with Crippen LogP contribution in [-0.4, -0.2) is 70.9 Å². The van der Waals surface area contributed by atoms with Gasteiger partial charge in [-0.3, -0.25) is 4.90 Å². The lowest BCUT2D eigenvalue weighted by Crippen LogP contribution is -2.49. The van der Waals surface area contributed by atoms with Crippen LogP contribution in [-0.2, 0) is 24.6 Å². The highest BCUT2D eigenvalue weighted by Gasteiger charge is 2.47. The Balaban J connectivity index is 1.71. The molecule has 3 atom stereocenters. The molecule has 206 valence electrons. The Bertz CT molecular complexity index is 1240. The van der Waals surface area contributed by atoms with Crippen molar-refractivity contribution < 1.29 is 34.7 Å². The summed E-state index contributed by atoms with van der Waals surface area (Å²) in [6.07, 6.45) is 0.727. The zero-order valence-corrected chi connectivity index (χ0v) is 22.8. The smallest absolute Gasteiger partial charge is 0.373 e. The third kappa shape index (κ3) is 8.40. The number of thioether (sulfide) groups is 1. The quantitative estimate of drug-likeness (QED) is 0.307. The summed E-state index contributed by atoms with van der Waals surface area (Å²) in [6, 6.07) is 12.4. The van der Waals surface area contributed by atoms with Gasteiger partial charge in [0.15, 0.2) is 0 Å². The number of hydrazine groups is 1. The van der Waals surface area contributed by atoms with E-state index < -0.39 is 35.2 Å². The second-order valence-electron chi connectivity index (χ2n) is 8.80. The first kappa shape index (κ1) is 29.9. The molecule has 0 bridgehead atoms. The van der Waals surface area contributed by atoms with Crippen LogP contribution in [0.3, 0.4) is 0 Å². The molecule has 1 heterocycles. The number of sulfonamides is 1. The predicted octanol–water partition coefficient (Wildman–Crippen LogP) is 3.42. The van der Waals surface area contributed by atoms with E-state index in [1.807, 2.05) is 44.2 Å². The molecule has 0 amide bonds. The summed E-state index contributed by atoms with van der Waals surface area (Å²) in [5, 5.41) is 0. The SMILES string of the molecule is CC1CN(CC[C@H](CSc2ccccc2)NNS(=O)(=O)c2cccc(S(=O)(=O)C(F)(F)F)c2)CC(C)O1. The standard InChI is InChI=1S/C23H30F3N3O5S3/c1-17-14-29(15-18(2)34-17)12-11-19(16-35-20-7-4-3-5-8-20)27-28-37(32,33)22-10-6-9-21(13-22)36(30,31)23(24,25)26/h3-10,13,17-19,27-28H,11-12,14-16H2,1-2H3/t17?,18?,19-/m1/s1. The number of morpholine rings is 1. The van der Waals surface area contributed by atoms with Crippen LogP contribution in [0.1, 0.15) is 20.3 Å². The molecule has 2 N–H and O–H groups in total. The minimum absolute atomic E-state index is 0.0765. The van der Waals surface area contributed by atoms with Crippen molar-refractivity contribution in [1.29, 1.82) is 0 Å². The van der Waals surface area contributed by atoms with E-state index in [9.17, 15) is 30.0 Å². The largest absolute Gasteiger partial charge is 0.501 e. The van der Waals surface area contributed by atoms with Crippen molar-refractivity contribution in [3.63, 3.8) is 0 Å². The van der Waals surface area contributed by atoms with Gasteiger partial charge < -0.3 is 4.74 Å². The fraction of sp³-hybridized carbons (Fsp3) is 0.478. The monoisotopic (exact) mass is 581 g/mol. The maximum Gasteiger partial charge on any atom is 0.501 e. The second-order valence-corrected chi connectivity index (χ2v) is 13.5. The van der Waals surface area contributed by atoms with Crippen LogP contribution >= 0.6 is 11.8 Å². The Labute approximate surface area is 219 Å². The number of nitrogens with one attached hydrogen (secondary N) is 2. The molecule has 1 saturated heterocycles. The predicted molar refractivity (Wildman–Crippen MR) is 135 cm³/mol. The van der Waals surface area contributed by atoms with Gasteiger partial charge >= 0.3 is 5.51 Å². The Kier molecular flexibility index (Phi) is 10.1. The van der Waals surface area contributed by atoms with Gasteiger partial charge in [-0.15, -0.1) is 16.6 Å². The lowest BCUT2D eigenvalue weighted by Gasteiger charge is -2.36. The van der Waals surface area contributed by atoms with Gasteiger partial charge in [0.25, 0.3) is 19.9 Å². The van der Waals surface area contributed by atoms with Crippen LogP contribution < -0.4 is 10.3 Å². The molecule has 0 spiro atoms. The molecule has 14 heteroatoms. The van der Waals surface area contributed by atoms with Crippen molar-refractivity contribution in [2.45, 2.75) is 58.7 Å². The molecule has 1 aliphatic rings. The summed E-state index contributed by atoms with van der Waals surface area (Å²) in [5.74, 6) is 0.504. The van der Waals surface area contributed by atoms with Gasteiger partial charge in [-0.05, 0) is 57.1 Å². The van der Waals surface area contributed by atoms with E-state index >= 15 is 0 Å². The van der Waals surface area contributed by atoms with Gasteiger partial charge in [0.05, 0.1) is 22.0 Å². The van der Waals surface area contributed by atoms with Crippen molar-refractivity contribution >= 4 is 31.6 Å². The van der Waals surface area contributed by atoms with Gasteiger partial charge in [0.1, 0.15) is 0 Å². The molecule has 2 aromatic rings. The molecule has 2 aromatic carbocycles. The molecule has 0 radical (unpaired) electrons. The Morgan fingerprint density at radius 2 is 1.62 bits per heavy atom. The van der Waals surface area contributed by atoms with E-state index in [4.69, 9.17) is 4.74 Å². The van der Waals surface area contributed by atoms with Gasteiger partial charge in [-0.2, -0.15) is 13.2 Å². The molecule has 8 nitrogen and oxygen atoms in total. The van der Waals surface area contributed by atoms with E-state index in [1.165, 1.54) is 11.8 Å². The van der Waals surface area contributed by atoms with Crippen molar-refractivity contribution in [2.24, 2.45) is 0 Å². The van der Waals surface area contributed by atoms with Crippen molar-refractivity contribution in [1.82, 2.24) is 15.2 Å². The van der Waals surface area contributed by atoms with E-state index in [0.29, 0.717) is 30.9 Å². The fourth-order valence-corrected chi connectivity index (χ4v) is 6.73. The summed E-state index contributed by atoms with van der Waals surface area (Å²) in [7, 11) is -10.1. The summed E-state index contributed by atoms with van der Waals surface area (Å²) in [5.41, 5.74) is -2.76. The lowest BCUT2D eigenvalue weighted by atomic mass is 10.2. The minimum atomic E-state index is -5.69. The fourth-order valence-electron chi connectivity index (χ4n) is 3.88. The first-order chi connectivity index (χ1) is 17.3. The first-order valence-corrected chi connectivity index (χ1v) is 15.5. The number of hydrogen-bond acceptors (Lipinski definition) is 8. The van der Waals surface area contributed by atoms with Crippen molar-refractivity contribution in [3.8, 4) is 0 Å². The number of alkyl halides is 3. The maximum absolute atomic E-state index is 12.9. The van der Waals surface area contributed by atoms with Crippen molar-refractivity contribution in [2.75, 3.05) is 25.4 Å². The van der Waals surface area contributed by atoms with E-state index in [2.05, 4.69) is 15.2 Å². The normalized spacial score (nSPS) is 20.6. The first-order valence-electron chi connectivity index (χ1n) is 11.5. The third-order valence-electron chi connectivity index (χ3n) is 5.61. The highest BCUT2D eigenvalue weighted by molar-refractivity contribution is 7.99. The average Bonchev–Trinajstić information content (AvgIpc) is 2.83. The molecule has 1 aliphatic heterocycles. The Morgan fingerprint density at radius 3 is 2.24 bits per heavy atom. The van der Waals surface area contributed by atoms with Crippen LogP contribution in [0.5, 0.6) is 0 Å². The van der Waals surface area contributed by atoms with Gasteiger partial charge in [-0.1, -0.05) is 24.3 Å². The van der Waals surface area contributed by atoms with Crippen LogP contribution in [0.2, 0.25) is 0 Å². The van der Waals surface area contributed by atoms with Crippen LogP contribution in [0.4, 0.5) is 13.2 Å². The van der Waals surface area contributed by atoms with E-state index in [0.717, 1.165) is 30.1 Å². The summed E-state index contributed by atoms with van der Waals surface area (Å²) in [4.78, 5) is 3.71. The third-order valence-corrected chi connectivity index (χ3v) is 9.53. The second kappa shape index (κ2) is 12.5. The topological polar surface area (TPSA) is 105 Å². The number of benzene rings is 2. The molecular weight excluding hydrogens is 551 g/mol. The van der Waals surface area contributed by atoms with E-state index in [1.54, 1.807) is 0 Å². The zero-order valence-electron chi connectivity index (χ0n) is 20.3. The number of sulfone groups is 1. The van der Waals surface area contributed by atoms with Crippen LogP contribution in [0.15, 0.2) is 69.3 Å². The lowest BCUT2D eigenvalue weighted by molar-refractivity contribution is -0.0684. The summed E-state index contributed by atoms with van der Waals surface area (Å²) < 4.78 is 93.7. The molecule has 2 unspecified atom stereocenters. The van der Waals surface area contributed by atoms with Gasteiger partial charge in [-0.25, -0.2) is 22.3 Å². The summed E-state index contributed by atoms with van der Waals surface area (Å²) in [6.45, 7) is 6.14. The molecule has 37 heavy (non-hydrogen) atoms. The maximum atomic E-state index is 12.9. The minimum Gasteiger partial charge on any atom is -0.373 e. The number of ether oxygens (including phenoxy) is 1. The number of halogens is 3. The zero-order chi connectivity index (χ0) is 27.3. The molecular formula is C23H30F3N3O5S3. The molecule has 3 rings (SSSR count). The van der Waals surface area contributed by atoms with Crippen LogP contribution in [0.25, 0.3) is 0 Å². The van der Waals surface area contributed by atoms with Crippen LogP contribution in [0, 0.1) is 0 Å². The number of hydrogen-bond donors (Lipinski definition) is 2.